The van der Waals surface area contributed by atoms with Gasteiger partial charge in [0.05, 0.1) is 5.69 Å². The van der Waals surface area contributed by atoms with Gasteiger partial charge in [-0.15, -0.1) is 0 Å². The zero-order valence-electron chi connectivity index (χ0n) is 8.46. The molecule has 76 valence electrons. The molecule has 1 rings (SSSR count). The van der Waals surface area contributed by atoms with Crippen LogP contribution >= 0.6 is 0 Å². The second kappa shape index (κ2) is 4.74. The highest BCUT2D eigenvalue weighted by molar-refractivity contribution is 5.92. The molecule has 0 aliphatic rings. The molecule has 1 amide bonds. The first-order valence-electron chi connectivity index (χ1n) is 4.68. The van der Waals surface area contributed by atoms with E-state index < -0.39 is 0 Å². The van der Waals surface area contributed by atoms with E-state index in [0.29, 0.717) is 12.1 Å². The number of anilines is 1. The molecule has 0 heterocycles. The Labute approximate surface area is 83.3 Å². The standard InChI is InChI=1S/C11H14FNO/c1-3-6-11(14)13(2)10-8-5-4-7-9(10)12/h4-5,7-8H,3,6H2,1-2H3. The van der Waals surface area contributed by atoms with E-state index in [9.17, 15) is 9.18 Å². The molecule has 0 aromatic heterocycles. The highest BCUT2D eigenvalue weighted by Gasteiger charge is 2.12. The second-order valence-corrected chi connectivity index (χ2v) is 3.15. The summed E-state index contributed by atoms with van der Waals surface area (Å²) < 4.78 is 13.2. The van der Waals surface area contributed by atoms with Crippen LogP contribution in [0.5, 0.6) is 0 Å². The van der Waals surface area contributed by atoms with E-state index in [2.05, 4.69) is 0 Å². The Balaban J connectivity index is 2.84. The number of carbonyl (C=O) groups excluding carboxylic acids is 1. The summed E-state index contributed by atoms with van der Waals surface area (Å²) in [5, 5.41) is 0. The number of para-hydroxylation sites is 1. The number of rotatable bonds is 3. The van der Waals surface area contributed by atoms with Crippen LogP contribution in [0.1, 0.15) is 19.8 Å². The maximum absolute atomic E-state index is 13.2. The number of benzene rings is 1. The average molecular weight is 195 g/mol. The van der Waals surface area contributed by atoms with Crippen molar-refractivity contribution in [1.29, 1.82) is 0 Å². The lowest BCUT2D eigenvalue weighted by atomic mass is 10.2. The van der Waals surface area contributed by atoms with Crippen molar-refractivity contribution < 1.29 is 9.18 Å². The Morgan fingerprint density at radius 2 is 2.07 bits per heavy atom. The first-order valence-corrected chi connectivity index (χ1v) is 4.68. The second-order valence-electron chi connectivity index (χ2n) is 3.15. The lowest BCUT2D eigenvalue weighted by Gasteiger charge is -2.17. The van der Waals surface area contributed by atoms with Crippen molar-refractivity contribution in [2.75, 3.05) is 11.9 Å². The van der Waals surface area contributed by atoms with Crippen LogP contribution in [0.15, 0.2) is 24.3 Å². The zero-order chi connectivity index (χ0) is 10.6. The van der Waals surface area contributed by atoms with Crippen molar-refractivity contribution in [3.63, 3.8) is 0 Å². The Morgan fingerprint density at radius 1 is 1.43 bits per heavy atom. The van der Waals surface area contributed by atoms with Crippen molar-refractivity contribution in [2.45, 2.75) is 19.8 Å². The van der Waals surface area contributed by atoms with Crippen LogP contribution in [0.25, 0.3) is 0 Å². The maximum Gasteiger partial charge on any atom is 0.226 e. The summed E-state index contributed by atoms with van der Waals surface area (Å²) in [6.07, 6.45) is 1.22. The Kier molecular flexibility index (Phi) is 3.63. The average Bonchev–Trinajstić information content (AvgIpc) is 2.18. The monoisotopic (exact) mass is 195 g/mol. The molecule has 0 unspecified atom stereocenters. The van der Waals surface area contributed by atoms with E-state index in [1.807, 2.05) is 6.92 Å². The predicted octanol–water partition coefficient (Wildman–Crippen LogP) is 2.59. The lowest BCUT2D eigenvalue weighted by molar-refractivity contribution is -0.118. The van der Waals surface area contributed by atoms with Crippen molar-refractivity contribution in [3.05, 3.63) is 30.1 Å². The molecule has 1 aromatic rings. The van der Waals surface area contributed by atoms with Gasteiger partial charge in [-0.05, 0) is 18.6 Å². The van der Waals surface area contributed by atoms with Crippen molar-refractivity contribution in [1.82, 2.24) is 0 Å². The molecule has 14 heavy (non-hydrogen) atoms. The van der Waals surface area contributed by atoms with E-state index in [1.54, 1.807) is 25.2 Å². The summed E-state index contributed by atoms with van der Waals surface area (Å²) >= 11 is 0. The molecule has 0 aliphatic heterocycles. The van der Waals surface area contributed by atoms with E-state index in [1.165, 1.54) is 11.0 Å². The van der Waals surface area contributed by atoms with E-state index in [-0.39, 0.29) is 11.7 Å². The first-order chi connectivity index (χ1) is 6.66. The minimum absolute atomic E-state index is 0.0578. The fourth-order valence-electron chi connectivity index (χ4n) is 1.24. The van der Waals surface area contributed by atoms with E-state index >= 15 is 0 Å². The molecule has 0 saturated carbocycles. The van der Waals surface area contributed by atoms with Gasteiger partial charge in [-0.25, -0.2) is 4.39 Å². The van der Waals surface area contributed by atoms with Gasteiger partial charge >= 0.3 is 0 Å². The van der Waals surface area contributed by atoms with Crippen molar-refractivity contribution in [2.24, 2.45) is 0 Å². The lowest BCUT2D eigenvalue weighted by Crippen LogP contribution is -2.26. The molecule has 0 fully saturated rings. The quantitative estimate of drug-likeness (QED) is 0.726. The third-order valence-electron chi connectivity index (χ3n) is 2.05. The van der Waals surface area contributed by atoms with Crippen LogP contribution in [-0.4, -0.2) is 13.0 Å². The molecule has 0 saturated heterocycles. The molecule has 3 heteroatoms. The predicted molar refractivity (Wildman–Crippen MR) is 54.7 cm³/mol. The third-order valence-corrected chi connectivity index (χ3v) is 2.05. The van der Waals surface area contributed by atoms with Gasteiger partial charge in [0.1, 0.15) is 5.82 Å². The van der Waals surface area contributed by atoms with Gasteiger partial charge in [0, 0.05) is 13.5 Å². The van der Waals surface area contributed by atoms with Gasteiger partial charge in [-0.3, -0.25) is 4.79 Å². The number of amides is 1. The van der Waals surface area contributed by atoms with Gasteiger partial charge in [0.2, 0.25) is 5.91 Å². The number of nitrogens with zero attached hydrogens (tertiary/aromatic N) is 1. The van der Waals surface area contributed by atoms with Gasteiger partial charge < -0.3 is 4.90 Å². The topological polar surface area (TPSA) is 20.3 Å². The van der Waals surface area contributed by atoms with Crippen LogP contribution < -0.4 is 4.90 Å². The highest BCUT2D eigenvalue weighted by Crippen LogP contribution is 2.17. The Bertz CT molecular complexity index is 325. The highest BCUT2D eigenvalue weighted by atomic mass is 19.1. The number of hydrogen-bond donors (Lipinski definition) is 0. The summed E-state index contributed by atoms with van der Waals surface area (Å²) in [6.45, 7) is 1.92. The number of hydrogen-bond acceptors (Lipinski definition) is 1. The summed E-state index contributed by atoms with van der Waals surface area (Å²) in [5.41, 5.74) is 0.339. The number of halogens is 1. The van der Waals surface area contributed by atoms with Crippen LogP contribution in [0.3, 0.4) is 0 Å². The molecule has 2 nitrogen and oxygen atoms in total. The summed E-state index contributed by atoms with van der Waals surface area (Å²) in [6, 6.07) is 6.28. The molecule has 0 bridgehead atoms. The minimum atomic E-state index is -0.362. The molecule has 0 aliphatic carbocycles. The minimum Gasteiger partial charge on any atom is -0.313 e. The molecular formula is C11H14FNO. The largest absolute Gasteiger partial charge is 0.313 e. The smallest absolute Gasteiger partial charge is 0.226 e. The van der Waals surface area contributed by atoms with Gasteiger partial charge in [-0.1, -0.05) is 19.1 Å². The van der Waals surface area contributed by atoms with Gasteiger partial charge in [0.25, 0.3) is 0 Å². The normalized spacial score (nSPS) is 9.93. The third kappa shape index (κ3) is 2.31. The van der Waals surface area contributed by atoms with Crippen molar-refractivity contribution in [3.8, 4) is 0 Å². The van der Waals surface area contributed by atoms with E-state index in [0.717, 1.165) is 6.42 Å². The van der Waals surface area contributed by atoms with Gasteiger partial charge in [0.15, 0.2) is 0 Å². The summed E-state index contributed by atoms with van der Waals surface area (Å²) in [7, 11) is 1.59. The molecule has 0 N–H and O–H groups in total. The fraction of sp³-hybridized carbons (Fsp3) is 0.364. The molecule has 0 spiro atoms. The molecule has 0 atom stereocenters. The number of carbonyl (C=O) groups is 1. The van der Waals surface area contributed by atoms with Gasteiger partial charge in [-0.2, -0.15) is 0 Å². The first kappa shape index (κ1) is 10.7. The fourth-order valence-corrected chi connectivity index (χ4v) is 1.24. The Hall–Kier alpha value is -1.38. The van der Waals surface area contributed by atoms with Crippen LogP contribution in [0, 0.1) is 5.82 Å². The molecular weight excluding hydrogens is 181 g/mol. The zero-order valence-corrected chi connectivity index (χ0v) is 8.46. The SMILES string of the molecule is CCCC(=O)N(C)c1ccccc1F. The maximum atomic E-state index is 13.2. The molecule has 0 radical (unpaired) electrons. The molecule has 1 aromatic carbocycles. The Morgan fingerprint density at radius 3 is 2.64 bits per heavy atom. The van der Waals surface area contributed by atoms with Crippen LogP contribution in [-0.2, 0) is 4.79 Å². The summed E-state index contributed by atoms with van der Waals surface area (Å²) in [4.78, 5) is 12.8. The van der Waals surface area contributed by atoms with Crippen LogP contribution in [0.2, 0.25) is 0 Å². The van der Waals surface area contributed by atoms with Crippen molar-refractivity contribution >= 4 is 11.6 Å². The summed E-state index contributed by atoms with van der Waals surface area (Å²) in [5.74, 6) is -0.419. The van der Waals surface area contributed by atoms with Crippen LogP contribution in [0.4, 0.5) is 10.1 Å². The van der Waals surface area contributed by atoms with E-state index in [4.69, 9.17) is 0 Å².